The van der Waals surface area contributed by atoms with Crippen LogP contribution in [0.4, 0.5) is 4.39 Å². The van der Waals surface area contributed by atoms with Gasteiger partial charge in [0, 0.05) is 11.4 Å². The van der Waals surface area contributed by atoms with Gasteiger partial charge in [0.2, 0.25) is 0 Å². The number of thiophene rings is 1. The SMILES string of the molecule is CCNCc1csc(-c2cccc(F)c2)c1C. The summed E-state index contributed by atoms with van der Waals surface area (Å²) in [5.74, 6) is -0.177. The summed E-state index contributed by atoms with van der Waals surface area (Å²) < 4.78 is 13.2. The summed E-state index contributed by atoms with van der Waals surface area (Å²) in [5, 5.41) is 5.47. The molecule has 0 aliphatic carbocycles. The molecule has 2 rings (SSSR count). The van der Waals surface area contributed by atoms with E-state index in [0.29, 0.717) is 0 Å². The molecule has 0 saturated heterocycles. The molecule has 0 saturated carbocycles. The first-order valence-electron chi connectivity index (χ1n) is 5.76. The minimum absolute atomic E-state index is 0.177. The summed E-state index contributed by atoms with van der Waals surface area (Å²) in [5.41, 5.74) is 3.52. The molecule has 0 radical (unpaired) electrons. The van der Waals surface area contributed by atoms with Gasteiger partial charge in [-0.25, -0.2) is 4.39 Å². The zero-order valence-corrected chi connectivity index (χ0v) is 10.9. The standard InChI is InChI=1S/C14H16FNS/c1-3-16-8-12-9-17-14(10(12)2)11-5-4-6-13(15)7-11/h4-7,9,16H,3,8H2,1-2H3. The van der Waals surface area contributed by atoms with Crippen LogP contribution in [0.3, 0.4) is 0 Å². The molecule has 0 bridgehead atoms. The van der Waals surface area contributed by atoms with Gasteiger partial charge in [0.15, 0.2) is 0 Å². The molecular formula is C14H16FNS. The van der Waals surface area contributed by atoms with Gasteiger partial charge in [-0.1, -0.05) is 19.1 Å². The molecule has 0 spiro atoms. The average molecular weight is 249 g/mol. The van der Waals surface area contributed by atoms with E-state index in [-0.39, 0.29) is 5.82 Å². The molecule has 1 aromatic carbocycles. The molecule has 0 aliphatic heterocycles. The van der Waals surface area contributed by atoms with Crippen LogP contribution in [-0.2, 0) is 6.54 Å². The van der Waals surface area contributed by atoms with E-state index in [9.17, 15) is 4.39 Å². The van der Waals surface area contributed by atoms with Crippen LogP contribution >= 0.6 is 11.3 Å². The van der Waals surface area contributed by atoms with Gasteiger partial charge in [-0.15, -0.1) is 11.3 Å². The molecule has 1 nitrogen and oxygen atoms in total. The molecule has 2 aromatic rings. The van der Waals surface area contributed by atoms with Crippen LogP contribution < -0.4 is 5.32 Å². The van der Waals surface area contributed by atoms with Gasteiger partial charge in [-0.3, -0.25) is 0 Å². The van der Waals surface area contributed by atoms with Gasteiger partial charge in [0.25, 0.3) is 0 Å². The molecule has 90 valence electrons. The van der Waals surface area contributed by atoms with Crippen molar-refractivity contribution in [3.8, 4) is 10.4 Å². The Morgan fingerprint density at radius 2 is 2.18 bits per heavy atom. The topological polar surface area (TPSA) is 12.0 Å². The minimum atomic E-state index is -0.177. The van der Waals surface area contributed by atoms with Gasteiger partial charge in [-0.05, 0) is 47.7 Å². The second kappa shape index (κ2) is 5.43. The Labute approximate surface area is 105 Å². The van der Waals surface area contributed by atoms with Crippen LogP contribution in [0.1, 0.15) is 18.1 Å². The van der Waals surface area contributed by atoms with Gasteiger partial charge in [0.1, 0.15) is 5.82 Å². The van der Waals surface area contributed by atoms with Crippen LogP contribution in [0.15, 0.2) is 29.6 Å². The summed E-state index contributed by atoms with van der Waals surface area (Å²) in [6.45, 7) is 6.04. The molecular weight excluding hydrogens is 233 g/mol. The Balaban J connectivity index is 2.30. The maximum Gasteiger partial charge on any atom is 0.123 e. The first-order chi connectivity index (χ1) is 8.22. The van der Waals surface area contributed by atoms with E-state index in [2.05, 4.69) is 24.5 Å². The van der Waals surface area contributed by atoms with Crippen LogP contribution in [0, 0.1) is 12.7 Å². The molecule has 3 heteroatoms. The number of rotatable bonds is 4. The average Bonchev–Trinajstić information content (AvgIpc) is 2.68. The van der Waals surface area contributed by atoms with Crippen molar-refractivity contribution in [3.05, 3.63) is 46.6 Å². The highest BCUT2D eigenvalue weighted by Crippen LogP contribution is 2.32. The number of hydrogen-bond acceptors (Lipinski definition) is 2. The lowest BCUT2D eigenvalue weighted by atomic mass is 10.1. The fourth-order valence-corrected chi connectivity index (χ4v) is 2.89. The lowest BCUT2D eigenvalue weighted by molar-refractivity contribution is 0.628. The maximum absolute atomic E-state index is 13.2. The van der Waals surface area contributed by atoms with E-state index in [0.717, 1.165) is 23.5 Å². The van der Waals surface area contributed by atoms with Crippen molar-refractivity contribution < 1.29 is 4.39 Å². The summed E-state index contributed by atoms with van der Waals surface area (Å²) in [7, 11) is 0. The normalized spacial score (nSPS) is 10.8. The first kappa shape index (κ1) is 12.3. The van der Waals surface area contributed by atoms with Crippen molar-refractivity contribution in [2.75, 3.05) is 6.54 Å². The van der Waals surface area contributed by atoms with Gasteiger partial charge >= 0.3 is 0 Å². The Morgan fingerprint density at radius 1 is 1.35 bits per heavy atom. The van der Waals surface area contributed by atoms with E-state index in [4.69, 9.17) is 0 Å². The van der Waals surface area contributed by atoms with Gasteiger partial charge < -0.3 is 5.32 Å². The molecule has 0 atom stereocenters. The highest BCUT2D eigenvalue weighted by Gasteiger charge is 2.09. The molecule has 0 unspecified atom stereocenters. The molecule has 0 fully saturated rings. The Morgan fingerprint density at radius 3 is 2.88 bits per heavy atom. The highest BCUT2D eigenvalue weighted by molar-refractivity contribution is 7.14. The fourth-order valence-electron chi connectivity index (χ4n) is 1.80. The Bertz CT molecular complexity index is 505. The lowest BCUT2D eigenvalue weighted by Gasteiger charge is -2.03. The number of halogens is 1. The van der Waals surface area contributed by atoms with Gasteiger partial charge in [0.05, 0.1) is 0 Å². The van der Waals surface area contributed by atoms with Gasteiger partial charge in [-0.2, -0.15) is 0 Å². The summed E-state index contributed by atoms with van der Waals surface area (Å²) in [4.78, 5) is 1.16. The van der Waals surface area contributed by atoms with Crippen LogP contribution in [0.5, 0.6) is 0 Å². The molecule has 1 N–H and O–H groups in total. The van der Waals surface area contributed by atoms with Crippen LogP contribution in [0.25, 0.3) is 10.4 Å². The molecule has 17 heavy (non-hydrogen) atoms. The third-order valence-corrected chi connectivity index (χ3v) is 3.97. The highest BCUT2D eigenvalue weighted by atomic mass is 32.1. The fraction of sp³-hybridized carbons (Fsp3) is 0.286. The van der Waals surface area contributed by atoms with E-state index in [1.165, 1.54) is 17.2 Å². The van der Waals surface area contributed by atoms with Crippen molar-refractivity contribution in [2.24, 2.45) is 0 Å². The predicted molar refractivity (Wildman–Crippen MR) is 71.8 cm³/mol. The molecule has 0 aliphatic rings. The van der Waals surface area contributed by atoms with Crippen molar-refractivity contribution >= 4 is 11.3 Å². The monoisotopic (exact) mass is 249 g/mol. The van der Waals surface area contributed by atoms with Crippen molar-refractivity contribution in [1.29, 1.82) is 0 Å². The Kier molecular flexibility index (Phi) is 3.92. The molecule has 1 heterocycles. The first-order valence-corrected chi connectivity index (χ1v) is 6.64. The largest absolute Gasteiger partial charge is 0.313 e. The second-order valence-electron chi connectivity index (χ2n) is 4.01. The smallest absolute Gasteiger partial charge is 0.123 e. The third-order valence-electron chi connectivity index (χ3n) is 2.79. The Hall–Kier alpha value is -1.19. The zero-order valence-electron chi connectivity index (χ0n) is 10.1. The summed E-state index contributed by atoms with van der Waals surface area (Å²) in [6, 6.07) is 6.79. The van der Waals surface area contributed by atoms with Crippen molar-refractivity contribution in [2.45, 2.75) is 20.4 Å². The second-order valence-corrected chi connectivity index (χ2v) is 4.89. The summed E-state index contributed by atoms with van der Waals surface area (Å²) >= 11 is 1.68. The molecule has 1 aromatic heterocycles. The quantitative estimate of drug-likeness (QED) is 0.864. The van der Waals surface area contributed by atoms with Crippen molar-refractivity contribution in [1.82, 2.24) is 5.32 Å². The van der Waals surface area contributed by atoms with Crippen LogP contribution in [0.2, 0.25) is 0 Å². The van der Waals surface area contributed by atoms with E-state index < -0.39 is 0 Å². The summed E-state index contributed by atoms with van der Waals surface area (Å²) in [6.07, 6.45) is 0. The minimum Gasteiger partial charge on any atom is -0.313 e. The molecule has 0 amide bonds. The number of benzene rings is 1. The maximum atomic E-state index is 13.2. The van der Waals surface area contributed by atoms with E-state index >= 15 is 0 Å². The zero-order chi connectivity index (χ0) is 12.3. The van der Waals surface area contributed by atoms with Crippen molar-refractivity contribution in [3.63, 3.8) is 0 Å². The number of nitrogens with one attached hydrogen (secondary N) is 1. The lowest BCUT2D eigenvalue weighted by Crippen LogP contribution is -2.11. The third kappa shape index (κ3) is 2.73. The predicted octanol–water partition coefficient (Wildman–Crippen LogP) is 3.97. The number of hydrogen-bond donors (Lipinski definition) is 1. The van der Waals surface area contributed by atoms with E-state index in [1.807, 2.05) is 6.07 Å². The van der Waals surface area contributed by atoms with E-state index in [1.54, 1.807) is 23.5 Å². The van der Waals surface area contributed by atoms with Crippen LogP contribution in [-0.4, -0.2) is 6.54 Å².